The summed E-state index contributed by atoms with van der Waals surface area (Å²) in [4.78, 5) is 29.2. The van der Waals surface area contributed by atoms with Crippen molar-refractivity contribution in [1.82, 2.24) is 15.2 Å². The van der Waals surface area contributed by atoms with Gasteiger partial charge >= 0.3 is 0 Å². The predicted octanol–water partition coefficient (Wildman–Crippen LogP) is 0.733. The summed E-state index contributed by atoms with van der Waals surface area (Å²) in [6.45, 7) is 2.13. The number of nitrogens with zero attached hydrogens (tertiary/aromatic N) is 2. The van der Waals surface area contributed by atoms with E-state index in [1.807, 2.05) is 36.4 Å². The first-order valence-corrected chi connectivity index (χ1v) is 8.08. The maximum absolute atomic E-state index is 12.1. The molecule has 1 aliphatic heterocycles. The van der Waals surface area contributed by atoms with Gasteiger partial charge in [-0.1, -0.05) is 24.3 Å². The van der Waals surface area contributed by atoms with Gasteiger partial charge in [-0.3, -0.25) is 14.6 Å². The topological polar surface area (TPSA) is 82.5 Å². The van der Waals surface area contributed by atoms with Crippen molar-refractivity contribution >= 4 is 22.7 Å². The fraction of sp³-hybridized carbons (Fsp3) is 0.389. The lowest BCUT2D eigenvalue weighted by Crippen LogP contribution is -2.38. The van der Waals surface area contributed by atoms with Gasteiger partial charge in [0.1, 0.15) is 0 Å². The van der Waals surface area contributed by atoms with Gasteiger partial charge in [0.05, 0.1) is 18.2 Å². The molecule has 2 heterocycles. The Labute approximate surface area is 140 Å². The summed E-state index contributed by atoms with van der Waals surface area (Å²) in [7, 11) is 0. The van der Waals surface area contributed by atoms with E-state index in [4.69, 9.17) is 0 Å². The Morgan fingerprint density at radius 2 is 2.04 bits per heavy atom. The maximum Gasteiger partial charge on any atom is 0.242 e. The molecular weight excluding hydrogens is 306 g/mol. The number of carbonyl (C=O) groups excluding carboxylic acids is 2. The average molecular weight is 327 g/mol. The molecule has 1 fully saturated rings. The number of likely N-dealkylation sites (tertiary alicyclic amines) is 1. The number of aliphatic hydroxyl groups excluding tert-OH is 1. The number of benzene rings is 1. The number of hydrogen-bond donors (Lipinski definition) is 2. The lowest BCUT2D eigenvalue weighted by Gasteiger charge is -2.16. The Morgan fingerprint density at radius 3 is 2.83 bits per heavy atom. The number of amides is 2. The predicted molar refractivity (Wildman–Crippen MR) is 90.2 cm³/mol. The fourth-order valence-electron chi connectivity index (χ4n) is 3.06. The first kappa shape index (κ1) is 16.4. The van der Waals surface area contributed by atoms with Crippen LogP contribution in [0.2, 0.25) is 0 Å². The minimum Gasteiger partial charge on any atom is -0.391 e. The van der Waals surface area contributed by atoms with Crippen LogP contribution in [0.25, 0.3) is 10.9 Å². The summed E-state index contributed by atoms with van der Waals surface area (Å²) in [5.41, 5.74) is 1.84. The zero-order chi connectivity index (χ0) is 17.1. The van der Waals surface area contributed by atoms with Crippen molar-refractivity contribution in [3.05, 3.63) is 42.1 Å². The Kier molecular flexibility index (Phi) is 4.76. The second-order valence-electron chi connectivity index (χ2n) is 6.24. The third kappa shape index (κ3) is 3.71. The molecule has 2 unspecified atom stereocenters. The van der Waals surface area contributed by atoms with Crippen LogP contribution in [-0.2, 0) is 16.0 Å². The number of fused-ring (bicyclic) bond motifs is 1. The molecule has 126 valence electrons. The molecule has 6 heteroatoms. The average Bonchev–Trinajstić information content (AvgIpc) is 2.93. The summed E-state index contributed by atoms with van der Waals surface area (Å²) in [6, 6.07) is 11.9. The number of rotatable bonds is 4. The van der Waals surface area contributed by atoms with Gasteiger partial charge < -0.3 is 15.3 Å². The van der Waals surface area contributed by atoms with E-state index in [0.29, 0.717) is 19.5 Å². The second kappa shape index (κ2) is 6.97. The lowest BCUT2D eigenvalue weighted by molar-refractivity contribution is -0.131. The fourth-order valence-corrected chi connectivity index (χ4v) is 3.06. The third-order valence-corrected chi connectivity index (χ3v) is 4.38. The van der Waals surface area contributed by atoms with E-state index in [2.05, 4.69) is 10.3 Å². The van der Waals surface area contributed by atoms with Crippen LogP contribution >= 0.6 is 0 Å². The SMILES string of the molecule is CC(=O)NCC(=O)N1CC(O)C(Cc2ccc3ccccc3n2)C1. The van der Waals surface area contributed by atoms with Crippen molar-refractivity contribution in [1.29, 1.82) is 0 Å². The summed E-state index contributed by atoms with van der Waals surface area (Å²) < 4.78 is 0. The Bertz CT molecular complexity index is 762. The van der Waals surface area contributed by atoms with Gasteiger partial charge in [-0.2, -0.15) is 0 Å². The highest BCUT2D eigenvalue weighted by Gasteiger charge is 2.34. The van der Waals surface area contributed by atoms with Gasteiger partial charge in [-0.25, -0.2) is 0 Å². The molecule has 1 aromatic carbocycles. The van der Waals surface area contributed by atoms with E-state index >= 15 is 0 Å². The van der Waals surface area contributed by atoms with Crippen LogP contribution in [0, 0.1) is 5.92 Å². The van der Waals surface area contributed by atoms with Crippen LogP contribution in [-0.4, -0.2) is 52.5 Å². The molecule has 6 nitrogen and oxygen atoms in total. The smallest absolute Gasteiger partial charge is 0.242 e. The summed E-state index contributed by atoms with van der Waals surface area (Å²) in [5, 5.41) is 13.8. The van der Waals surface area contributed by atoms with E-state index in [0.717, 1.165) is 16.6 Å². The molecule has 2 atom stereocenters. The van der Waals surface area contributed by atoms with Crippen LogP contribution in [0.3, 0.4) is 0 Å². The number of para-hydroxylation sites is 1. The molecule has 0 saturated carbocycles. The van der Waals surface area contributed by atoms with Gasteiger partial charge in [-0.05, 0) is 18.6 Å². The van der Waals surface area contributed by atoms with Crippen molar-refractivity contribution in [2.75, 3.05) is 19.6 Å². The molecule has 3 rings (SSSR count). The quantitative estimate of drug-likeness (QED) is 0.867. The first-order valence-electron chi connectivity index (χ1n) is 8.08. The highest BCUT2D eigenvalue weighted by Crippen LogP contribution is 2.22. The lowest BCUT2D eigenvalue weighted by atomic mass is 9.99. The monoisotopic (exact) mass is 327 g/mol. The van der Waals surface area contributed by atoms with E-state index in [1.54, 1.807) is 4.90 Å². The van der Waals surface area contributed by atoms with Crippen LogP contribution < -0.4 is 5.32 Å². The van der Waals surface area contributed by atoms with Crippen molar-refractivity contribution in [2.45, 2.75) is 19.4 Å². The highest BCUT2D eigenvalue weighted by atomic mass is 16.3. The Morgan fingerprint density at radius 1 is 1.25 bits per heavy atom. The Hall–Kier alpha value is -2.47. The molecule has 1 saturated heterocycles. The number of β-amino-alcohol motifs (C(OH)–C–C–N with tert-alkyl or cyclic N) is 1. The third-order valence-electron chi connectivity index (χ3n) is 4.38. The van der Waals surface area contributed by atoms with E-state index in [9.17, 15) is 14.7 Å². The molecule has 0 bridgehead atoms. The van der Waals surface area contributed by atoms with Crippen molar-refractivity contribution < 1.29 is 14.7 Å². The van der Waals surface area contributed by atoms with Crippen molar-refractivity contribution in [3.63, 3.8) is 0 Å². The molecule has 0 aliphatic carbocycles. The van der Waals surface area contributed by atoms with Gasteiger partial charge in [-0.15, -0.1) is 0 Å². The highest BCUT2D eigenvalue weighted by molar-refractivity contribution is 5.84. The number of carbonyl (C=O) groups is 2. The normalized spacial score (nSPS) is 20.3. The standard InChI is InChI=1S/C18H21N3O3/c1-12(22)19-9-18(24)21-10-14(17(23)11-21)8-15-7-6-13-4-2-3-5-16(13)20-15/h2-7,14,17,23H,8-11H2,1H3,(H,19,22). The minimum absolute atomic E-state index is 0.0248. The van der Waals surface area contributed by atoms with Crippen LogP contribution in [0.4, 0.5) is 0 Å². The maximum atomic E-state index is 12.1. The van der Waals surface area contributed by atoms with Gasteiger partial charge in [0.25, 0.3) is 0 Å². The number of aromatic nitrogens is 1. The largest absolute Gasteiger partial charge is 0.391 e. The molecule has 2 aromatic rings. The summed E-state index contributed by atoms with van der Waals surface area (Å²) >= 11 is 0. The summed E-state index contributed by atoms with van der Waals surface area (Å²) in [5.74, 6) is -0.446. The molecule has 0 spiro atoms. The number of aliphatic hydroxyl groups is 1. The van der Waals surface area contributed by atoms with Gasteiger partial charge in [0.2, 0.25) is 11.8 Å². The zero-order valence-electron chi connectivity index (χ0n) is 13.6. The first-order chi connectivity index (χ1) is 11.5. The van der Waals surface area contributed by atoms with Crippen LogP contribution in [0.1, 0.15) is 12.6 Å². The van der Waals surface area contributed by atoms with E-state index in [1.165, 1.54) is 6.92 Å². The van der Waals surface area contributed by atoms with Crippen LogP contribution in [0.15, 0.2) is 36.4 Å². The molecular formula is C18H21N3O3. The van der Waals surface area contributed by atoms with Crippen molar-refractivity contribution in [3.8, 4) is 0 Å². The molecule has 1 aliphatic rings. The van der Waals surface area contributed by atoms with E-state index in [-0.39, 0.29) is 24.3 Å². The molecule has 2 amide bonds. The minimum atomic E-state index is -0.570. The van der Waals surface area contributed by atoms with Gasteiger partial charge in [0, 0.05) is 37.0 Å². The second-order valence-corrected chi connectivity index (χ2v) is 6.24. The van der Waals surface area contributed by atoms with E-state index < -0.39 is 6.10 Å². The molecule has 1 aromatic heterocycles. The number of nitrogens with one attached hydrogen (secondary N) is 1. The zero-order valence-corrected chi connectivity index (χ0v) is 13.6. The number of hydrogen-bond acceptors (Lipinski definition) is 4. The van der Waals surface area contributed by atoms with Gasteiger partial charge in [0.15, 0.2) is 0 Å². The Balaban J connectivity index is 1.64. The molecule has 2 N–H and O–H groups in total. The molecule has 24 heavy (non-hydrogen) atoms. The number of pyridine rings is 1. The molecule has 0 radical (unpaired) electrons. The van der Waals surface area contributed by atoms with Crippen molar-refractivity contribution in [2.24, 2.45) is 5.92 Å². The summed E-state index contributed by atoms with van der Waals surface area (Å²) in [6.07, 6.45) is 0.0511. The van der Waals surface area contributed by atoms with Crippen LogP contribution in [0.5, 0.6) is 0 Å².